The molecule has 80 valence electrons. The highest BCUT2D eigenvalue weighted by Gasteiger charge is 2.22. The Kier molecular flexibility index (Phi) is 1.86. The summed E-state index contributed by atoms with van der Waals surface area (Å²) < 4.78 is 5.63. The van der Waals surface area contributed by atoms with Crippen molar-refractivity contribution >= 4 is 5.78 Å². The summed E-state index contributed by atoms with van der Waals surface area (Å²) >= 11 is 0. The molecule has 0 atom stereocenters. The van der Waals surface area contributed by atoms with Gasteiger partial charge in [-0.15, -0.1) is 0 Å². The SMILES string of the molecule is O=C1C=CC2=C(C1)Oc1cc(O)ccc1C2. The Labute approximate surface area is 92.7 Å². The van der Waals surface area contributed by atoms with E-state index in [0.717, 1.165) is 17.6 Å². The Balaban J connectivity index is 2.02. The molecule has 3 rings (SSSR count). The number of phenols is 1. The molecule has 0 bridgehead atoms. The Bertz CT molecular complexity index is 538. The average Bonchev–Trinajstić information content (AvgIpc) is 2.26. The summed E-state index contributed by atoms with van der Waals surface area (Å²) in [5.74, 6) is 1.61. The van der Waals surface area contributed by atoms with Gasteiger partial charge in [-0.25, -0.2) is 0 Å². The average molecular weight is 214 g/mol. The molecule has 0 aromatic heterocycles. The molecule has 0 saturated carbocycles. The smallest absolute Gasteiger partial charge is 0.163 e. The van der Waals surface area contributed by atoms with Gasteiger partial charge in [-0.3, -0.25) is 4.79 Å². The molecule has 1 aliphatic heterocycles. The van der Waals surface area contributed by atoms with Crippen molar-refractivity contribution in [3.8, 4) is 11.5 Å². The molecule has 0 spiro atoms. The fraction of sp³-hybridized carbons (Fsp3) is 0.154. The van der Waals surface area contributed by atoms with Gasteiger partial charge in [0.1, 0.15) is 17.3 Å². The molecule has 16 heavy (non-hydrogen) atoms. The Morgan fingerprint density at radius 1 is 1.19 bits per heavy atom. The first kappa shape index (κ1) is 9.21. The molecule has 0 amide bonds. The fourth-order valence-corrected chi connectivity index (χ4v) is 2.00. The maximum absolute atomic E-state index is 11.2. The molecule has 3 heteroatoms. The van der Waals surface area contributed by atoms with Gasteiger partial charge < -0.3 is 9.84 Å². The number of carbonyl (C=O) groups excluding carboxylic acids is 1. The van der Waals surface area contributed by atoms with Gasteiger partial charge in [0, 0.05) is 12.5 Å². The third-order valence-corrected chi connectivity index (χ3v) is 2.83. The molecule has 1 aromatic rings. The van der Waals surface area contributed by atoms with Crippen LogP contribution in [0.25, 0.3) is 0 Å². The number of allylic oxidation sites excluding steroid dienone is 4. The lowest BCUT2D eigenvalue weighted by Gasteiger charge is -2.23. The van der Waals surface area contributed by atoms with Crippen molar-refractivity contribution in [1.82, 2.24) is 0 Å². The predicted octanol–water partition coefficient (Wildman–Crippen LogP) is 2.11. The van der Waals surface area contributed by atoms with E-state index in [-0.39, 0.29) is 11.5 Å². The van der Waals surface area contributed by atoms with Crippen LogP contribution < -0.4 is 4.74 Å². The van der Waals surface area contributed by atoms with Crippen LogP contribution in [0.3, 0.4) is 0 Å². The van der Waals surface area contributed by atoms with Crippen LogP contribution in [0.15, 0.2) is 41.7 Å². The summed E-state index contributed by atoms with van der Waals surface area (Å²) in [6, 6.07) is 5.08. The van der Waals surface area contributed by atoms with Crippen LogP contribution in [-0.2, 0) is 11.2 Å². The van der Waals surface area contributed by atoms with E-state index < -0.39 is 0 Å². The van der Waals surface area contributed by atoms with Gasteiger partial charge in [-0.2, -0.15) is 0 Å². The van der Waals surface area contributed by atoms with Crippen molar-refractivity contribution in [2.24, 2.45) is 0 Å². The zero-order valence-electron chi connectivity index (χ0n) is 8.56. The first-order valence-corrected chi connectivity index (χ1v) is 5.15. The Morgan fingerprint density at radius 3 is 2.94 bits per heavy atom. The lowest BCUT2D eigenvalue weighted by molar-refractivity contribution is -0.114. The maximum atomic E-state index is 11.2. The summed E-state index contributed by atoms with van der Waals surface area (Å²) in [5, 5.41) is 9.36. The molecular weight excluding hydrogens is 204 g/mol. The Hall–Kier alpha value is -2.03. The molecular formula is C13H10O3. The predicted molar refractivity (Wildman–Crippen MR) is 58.2 cm³/mol. The summed E-state index contributed by atoms with van der Waals surface area (Å²) in [6.07, 6.45) is 4.49. The number of carbonyl (C=O) groups is 1. The summed E-state index contributed by atoms with van der Waals surface area (Å²) in [5.41, 5.74) is 2.09. The van der Waals surface area contributed by atoms with Crippen molar-refractivity contribution < 1.29 is 14.6 Å². The van der Waals surface area contributed by atoms with E-state index in [4.69, 9.17) is 4.74 Å². The highest BCUT2D eigenvalue weighted by molar-refractivity contribution is 5.93. The topological polar surface area (TPSA) is 46.5 Å². The van der Waals surface area contributed by atoms with E-state index in [1.165, 1.54) is 0 Å². The molecule has 1 aromatic carbocycles. The normalized spacial score (nSPS) is 17.9. The second kappa shape index (κ2) is 3.23. The Morgan fingerprint density at radius 2 is 2.06 bits per heavy atom. The standard InChI is InChI=1S/C13H10O3/c14-10-3-1-8-5-9-2-4-11(15)7-13(9)16-12(8)6-10/h1-4,6,14H,5,7H2. The first-order valence-electron chi connectivity index (χ1n) is 5.15. The minimum atomic E-state index is 0.0577. The number of phenolic OH excluding ortho intramolecular Hbond substituents is 1. The number of fused-ring (bicyclic) bond motifs is 1. The molecule has 0 saturated heterocycles. The van der Waals surface area contributed by atoms with Gasteiger partial charge in [-0.1, -0.05) is 12.1 Å². The fourth-order valence-electron chi connectivity index (χ4n) is 2.00. The first-order chi connectivity index (χ1) is 7.72. The summed E-state index contributed by atoms with van der Waals surface area (Å²) in [6.45, 7) is 0. The third-order valence-electron chi connectivity index (χ3n) is 2.83. The number of rotatable bonds is 0. The van der Waals surface area contributed by atoms with Crippen molar-refractivity contribution in [3.05, 3.63) is 47.2 Å². The van der Waals surface area contributed by atoms with E-state index in [0.29, 0.717) is 17.9 Å². The van der Waals surface area contributed by atoms with E-state index in [1.807, 2.05) is 12.1 Å². The van der Waals surface area contributed by atoms with Crippen LogP contribution in [0.5, 0.6) is 11.5 Å². The van der Waals surface area contributed by atoms with Crippen molar-refractivity contribution in [2.45, 2.75) is 12.8 Å². The van der Waals surface area contributed by atoms with Gasteiger partial charge in [0.15, 0.2) is 5.78 Å². The monoisotopic (exact) mass is 214 g/mol. The molecule has 3 nitrogen and oxygen atoms in total. The minimum Gasteiger partial charge on any atom is -0.508 e. The molecule has 2 aliphatic rings. The van der Waals surface area contributed by atoms with Crippen LogP contribution in [0.4, 0.5) is 0 Å². The summed E-state index contributed by atoms with van der Waals surface area (Å²) in [4.78, 5) is 11.2. The van der Waals surface area contributed by atoms with Crippen LogP contribution in [-0.4, -0.2) is 10.9 Å². The van der Waals surface area contributed by atoms with E-state index in [2.05, 4.69) is 0 Å². The maximum Gasteiger partial charge on any atom is 0.163 e. The molecule has 1 aliphatic carbocycles. The highest BCUT2D eigenvalue weighted by Crippen LogP contribution is 2.35. The lowest BCUT2D eigenvalue weighted by Crippen LogP contribution is -2.15. The van der Waals surface area contributed by atoms with Gasteiger partial charge >= 0.3 is 0 Å². The number of hydrogen-bond acceptors (Lipinski definition) is 3. The van der Waals surface area contributed by atoms with E-state index in [9.17, 15) is 9.90 Å². The van der Waals surface area contributed by atoms with E-state index >= 15 is 0 Å². The van der Waals surface area contributed by atoms with Crippen molar-refractivity contribution in [1.29, 1.82) is 0 Å². The number of hydrogen-bond donors (Lipinski definition) is 1. The van der Waals surface area contributed by atoms with Crippen molar-refractivity contribution in [2.75, 3.05) is 0 Å². The van der Waals surface area contributed by atoms with Crippen LogP contribution in [0.1, 0.15) is 12.0 Å². The quantitative estimate of drug-likeness (QED) is 0.719. The number of ketones is 1. The van der Waals surface area contributed by atoms with Gasteiger partial charge in [0.05, 0.1) is 6.42 Å². The zero-order valence-corrected chi connectivity index (χ0v) is 8.56. The molecule has 0 radical (unpaired) electrons. The number of benzene rings is 1. The van der Waals surface area contributed by atoms with Crippen molar-refractivity contribution in [3.63, 3.8) is 0 Å². The summed E-state index contributed by atoms with van der Waals surface area (Å²) in [7, 11) is 0. The minimum absolute atomic E-state index is 0.0577. The number of aromatic hydroxyl groups is 1. The lowest BCUT2D eigenvalue weighted by atomic mass is 9.94. The third kappa shape index (κ3) is 1.41. The highest BCUT2D eigenvalue weighted by atomic mass is 16.5. The van der Waals surface area contributed by atoms with E-state index in [1.54, 1.807) is 18.2 Å². The number of ether oxygens (including phenoxy) is 1. The van der Waals surface area contributed by atoms with Gasteiger partial charge in [0.25, 0.3) is 0 Å². The largest absolute Gasteiger partial charge is 0.508 e. The molecule has 1 N–H and O–H groups in total. The van der Waals surface area contributed by atoms with Crippen LogP contribution >= 0.6 is 0 Å². The molecule has 0 fully saturated rings. The molecule has 0 unspecified atom stereocenters. The van der Waals surface area contributed by atoms with Gasteiger partial charge in [-0.05, 0) is 23.3 Å². The second-order valence-corrected chi connectivity index (χ2v) is 4.00. The molecule has 1 heterocycles. The second-order valence-electron chi connectivity index (χ2n) is 4.00. The van der Waals surface area contributed by atoms with Crippen LogP contribution in [0, 0.1) is 0 Å². The van der Waals surface area contributed by atoms with Gasteiger partial charge in [0.2, 0.25) is 0 Å². The van der Waals surface area contributed by atoms with Crippen LogP contribution in [0.2, 0.25) is 0 Å². The zero-order chi connectivity index (χ0) is 11.1.